The molecule has 0 amide bonds. The summed E-state index contributed by atoms with van der Waals surface area (Å²) in [6.07, 6.45) is 2.76. The van der Waals surface area contributed by atoms with Crippen LogP contribution < -0.4 is 0 Å². The Kier molecular flexibility index (Phi) is 4.47. The second kappa shape index (κ2) is 5.76. The summed E-state index contributed by atoms with van der Waals surface area (Å²) >= 11 is 0. The average Bonchev–Trinajstić information content (AvgIpc) is 2.87. The fourth-order valence-electron chi connectivity index (χ4n) is 3.28. The zero-order chi connectivity index (χ0) is 14.0. The third kappa shape index (κ3) is 2.93. The van der Waals surface area contributed by atoms with Crippen LogP contribution in [0.25, 0.3) is 0 Å². The van der Waals surface area contributed by atoms with E-state index in [1.54, 1.807) is 6.92 Å². The number of carbonyl (C=O) groups is 1. The minimum atomic E-state index is -3.54. The second-order valence-electron chi connectivity index (χ2n) is 5.22. The van der Waals surface area contributed by atoms with Crippen LogP contribution in [0.2, 0.25) is 0 Å². The molecule has 3 unspecified atom stereocenters. The van der Waals surface area contributed by atoms with Crippen LogP contribution in [0, 0.1) is 11.8 Å². The Labute approximate surface area is 113 Å². The molecule has 1 aliphatic carbocycles. The van der Waals surface area contributed by atoms with Crippen LogP contribution in [0.5, 0.6) is 0 Å². The van der Waals surface area contributed by atoms with E-state index in [2.05, 4.69) is 0 Å². The predicted octanol–water partition coefficient (Wildman–Crippen LogP) is 0.538. The highest BCUT2D eigenvalue weighted by Crippen LogP contribution is 2.43. The van der Waals surface area contributed by atoms with Crippen LogP contribution in [0.4, 0.5) is 0 Å². The van der Waals surface area contributed by atoms with Gasteiger partial charge in [0.2, 0.25) is 10.0 Å². The largest absolute Gasteiger partial charge is 0.480 e. The first kappa shape index (κ1) is 14.7. The average molecular weight is 291 g/mol. The lowest BCUT2D eigenvalue weighted by molar-refractivity contribution is -0.142. The molecule has 0 spiro atoms. The van der Waals surface area contributed by atoms with Gasteiger partial charge < -0.3 is 9.84 Å². The van der Waals surface area contributed by atoms with Gasteiger partial charge in [-0.05, 0) is 31.6 Å². The molecule has 0 bridgehead atoms. The highest BCUT2D eigenvalue weighted by molar-refractivity contribution is 7.89. The number of carboxylic acid groups (broad SMARTS) is 1. The van der Waals surface area contributed by atoms with Crippen LogP contribution in [-0.4, -0.2) is 55.4 Å². The molecule has 19 heavy (non-hydrogen) atoms. The van der Waals surface area contributed by atoms with Gasteiger partial charge in [-0.2, -0.15) is 4.31 Å². The molecule has 110 valence electrons. The van der Waals surface area contributed by atoms with Gasteiger partial charge in [0.1, 0.15) is 6.04 Å². The molecule has 1 heterocycles. The number of fused-ring (bicyclic) bond motifs is 1. The Balaban J connectivity index is 2.12. The van der Waals surface area contributed by atoms with E-state index in [4.69, 9.17) is 4.74 Å². The second-order valence-corrected chi connectivity index (χ2v) is 7.26. The number of sulfonamides is 1. The maximum atomic E-state index is 12.2. The molecule has 0 radical (unpaired) electrons. The number of nitrogens with zero attached hydrogens (tertiary/aromatic N) is 1. The van der Waals surface area contributed by atoms with E-state index >= 15 is 0 Å². The summed E-state index contributed by atoms with van der Waals surface area (Å²) in [6, 6.07) is -0.876. The van der Waals surface area contributed by atoms with Crippen LogP contribution in [0.3, 0.4) is 0 Å². The van der Waals surface area contributed by atoms with Crippen molar-refractivity contribution in [3.8, 4) is 0 Å². The lowest BCUT2D eigenvalue weighted by Crippen LogP contribution is -2.44. The molecule has 6 nitrogen and oxygen atoms in total. The van der Waals surface area contributed by atoms with Crippen molar-refractivity contribution in [3.05, 3.63) is 0 Å². The van der Waals surface area contributed by atoms with E-state index in [0.717, 1.165) is 19.3 Å². The lowest BCUT2D eigenvalue weighted by atomic mass is 9.94. The third-order valence-electron chi connectivity index (χ3n) is 4.15. The Morgan fingerprint density at radius 2 is 2.16 bits per heavy atom. The topological polar surface area (TPSA) is 83.9 Å². The maximum Gasteiger partial charge on any atom is 0.322 e. The van der Waals surface area contributed by atoms with Crippen molar-refractivity contribution in [1.29, 1.82) is 0 Å². The van der Waals surface area contributed by atoms with Gasteiger partial charge in [-0.25, -0.2) is 8.42 Å². The van der Waals surface area contributed by atoms with Gasteiger partial charge in [0, 0.05) is 13.2 Å². The van der Waals surface area contributed by atoms with E-state index in [-0.39, 0.29) is 24.2 Å². The van der Waals surface area contributed by atoms with Crippen molar-refractivity contribution in [2.24, 2.45) is 11.8 Å². The lowest BCUT2D eigenvalue weighted by Gasteiger charge is -2.23. The molecular formula is C12H21NO5S. The molecule has 1 N–H and O–H groups in total. The smallest absolute Gasteiger partial charge is 0.322 e. The first-order valence-corrected chi connectivity index (χ1v) is 8.38. The molecule has 2 fully saturated rings. The minimum absolute atomic E-state index is 0.0145. The number of carboxylic acids is 1. The van der Waals surface area contributed by atoms with Crippen LogP contribution in [-0.2, 0) is 19.6 Å². The summed E-state index contributed by atoms with van der Waals surface area (Å²) in [5, 5.41) is 9.33. The number of ether oxygens (including phenoxy) is 1. The van der Waals surface area contributed by atoms with Crippen LogP contribution in [0.15, 0.2) is 0 Å². The van der Waals surface area contributed by atoms with Crippen molar-refractivity contribution in [2.45, 2.75) is 32.2 Å². The van der Waals surface area contributed by atoms with Gasteiger partial charge in [0.05, 0.1) is 12.4 Å². The van der Waals surface area contributed by atoms with Crippen molar-refractivity contribution in [2.75, 3.05) is 25.5 Å². The van der Waals surface area contributed by atoms with E-state index in [0.29, 0.717) is 13.2 Å². The number of aliphatic carboxylic acids is 1. The summed E-state index contributed by atoms with van der Waals surface area (Å²) in [6.45, 7) is 2.74. The zero-order valence-electron chi connectivity index (χ0n) is 11.1. The van der Waals surface area contributed by atoms with Crippen molar-refractivity contribution < 1.29 is 23.1 Å². The van der Waals surface area contributed by atoms with Crippen LogP contribution >= 0.6 is 0 Å². The Morgan fingerprint density at radius 1 is 1.42 bits per heavy atom. The summed E-state index contributed by atoms with van der Waals surface area (Å²) < 4.78 is 30.7. The minimum Gasteiger partial charge on any atom is -0.480 e. The first-order chi connectivity index (χ1) is 8.97. The van der Waals surface area contributed by atoms with E-state index in [1.807, 2.05) is 0 Å². The molecule has 1 aliphatic heterocycles. The Bertz CT molecular complexity index is 435. The quantitative estimate of drug-likeness (QED) is 0.722. The summed E-state index contributed by atoms with van der Waals surface area (Å²) in [5.41, 5.74) is 0. The zero-order valence-corrected chi connectivity index (χ0v) is 11.9. The van der Waals surface area contributed by atoms with Gasteiger partial charge in [-0.1, -0.05) is 6.42 Å². The van der Waals surface area contributed by atoms with Gasteiger partial charge >= 0.3 is 5.97 Å². The highest BCUT2D eigenvalue weighted by Gasteiger charge is 2.51. The van der Waals surface area contributed by atoms with Crippen molar-refractivity contribution >= 4 is 16.0 Å². The van der Waals surface area contributed by atoms with Gasteiger partial charge in [-0.3, -0.25) is 4.79 Å². The Morgan fingerprint density at radius 3 is 2.79 bits per heavy atom. The fourth-order valence-corrected chi connectivity index (χ4v) is 4.86. The molecule has 2 rings (SSSR count). The molecule has 0 aromatic carbocycles. The number of hydrogen-bond acceptors (Lipinski definition) is 4. The standard InChI is InChI=1S/C12H21NO5S/c1-2-18-6-7-19(16,17)13-8-9-4-3-5-10(9)11(13)12(14)15/h9-11H,2-8H2,1H3,(H,14,15). The Hall–Kier alpha value is -0.660. The number of rotatable bonds is 6. The highest BCUT2D eigenvalue weighted by atomic mass is 32.2. The predicted molar refractivity (Wildman–Crippen MR) is 69.2 cm³/mol. The molecule has 2 aliphatic rings. The fraction of sp³-hybridized carbons (Fsp3) is 0.917. The summed E-state index contributed by atoms with van der Waals surface area (Å²) in [7, 11) is -3.54. The summed E-state index contributed by atoms with van der Waals surface area (Å²) in [5.74, 6) is -0.957. The van der Waals surface area contributed by atoms with E-state index < -0.39 is 22.0 Å². The van der Waals surface area contributed by atoms with Crippen molar-refractivity contribution in [1.82, 2.24) is 4.31 Å². The van der Waals surface area contributed by atoms with Gasteiger partial charge in [-0.15, -0.1) is 0 Å². The molecule has 0 aromatic rings. The van der Waals surface area contributed by atoms with Crippen molar-refractivity contribution in [3.63, 3.8) is 0 Å². The molecule has 7 heteroatoms. The SMILES string of the molecule is CCOCCS(=O)(=O)N1CC2CCCC2C1C(=O)O. The van der Waals surface area contributed by atoms with Gasteiger partial charge in [0.25, 0.3) is 0 Å². The molecule has 3 atom stereocenters. The molecule has 1 saturated heterocycles. The van der Waals surface area contributed by atoms with E-state index in [1.165, 1.54) is 4.31 Å². The maximum absolute atomic E-state index is 12.2. The third-order valence-corrected chi connectivity index (χ3v) is 5.92. The molecular weight excluding hydrogens is 270 g/mol. The monoisotopic (exact) mass is 291 g/mol. The van der Waals surface area contributed by atoms with Gasteiger partial charge in [0.15, 0.2) is 0 Å². The molecule has 0 aromatic heterocycles. The summed E-state index contributed by atoms with van der Waals surface area (Å²) in [4.78, 5) is 11.4. The molecule has 1 saturated carbocycles. The van der Waals surface area contributed by atoms with E-state index in [9.17, 15) is 18.3 Å². The normalized spacial score (nSPS) is 31.5. The first-order valence-electron chi connectivity index (χ1n) is 6.77. The van der Waals surface area contributed by atoms with Crippen LogP contribution in [0.1, 0.15) is 26.2 Å². The number of hydrogen-bond donors (Lipinski definition) is 1.